The molecule has 0 aliphatic carbocycles. The van der Waals surface area contributed by atoms with E-state index < -0.39 is 0 Å². The van der Waals surface area contributed by atoms with E-state index in [9.17, 15) is 9.59 Å². The normalized spacial score (nSPS) is 14.8. The summed E-state index contributed by atoms with van der Waals surface area (Å²) in [6.07, 6.45) is 1.63. The van der Waals surface area contributed by atoms with Gasteiger partial charge in [0.25, 0.3) is 5.91 Å². The van der Waals surface area contributed by atoms with Crippen molar-refractivity contribution in [1.82, 2.24) is 9.80 Å². The highest BCUT2D eigenvalue weighted by Crippen LogP contribution is 2.13. The van der Waals surface area contributed by atoms with Crippen LogP contribution in [0.3, 0.4) is 0 Å². The van der Waals surface area contributed by atoms with Gasteiger partial charge in [-0.15, -0.1) is 0 Å². The van der Waals surface area contributed by atoms with Crippen LogP contribution in [-0.4, -0.2) is 54.6 Å². The number of carbonyl (C=O) groups is 2. The number of aryl methyl sites for hydroxylation is 1. The van der Waals surface area contributed by atoms with Crippen LogP contribution in [0, 0.1) is 6.92 Å². The largest absolute Gasteiger partial charge is 0.449 e. The molecule has 1 aliphatic rings. The Kier molecular flexibility index (Phi) is 5.81. The van der Waals surface area contributed by atoms with E-state index in [1.807, 2.05) is 31.2 Å². The number of unbranched alkanes of at least 4 members (excludes halogenated alkanes) is 1. The molecular weight excluding hydrogens is 280 g/mol. The number of ether oxygens (including phenoxy) is 1. The van der Waals surface area contributed by atoms with Gasteiger partial charge in [0.2, 0.25) is 0 Å². The summed E-state index contributed by atoms with van der Waals surface area (Å²) in [5, 5.41) is 0. The number of nitrogens with zero attached hydrogens (tertiary/aromatic N) is 2. The lowest BCUT2D eigenvalue weighted by Gasteiger charge is -2.34. The average molecular weight is 304 g/mol. The molecule has 0 unspecified atom stereocenters. The monoisotopic (exact) mass is 304 g/mol. The van der Waals surface area contributed by atoms with Crippen LogP contribution < -0.4 is 0 Å². The first-order valence-corrected chi connectivity index (χ1v) is 7.90. The predicted molar refractivity (Wildman–Crippen MR) is 84.9 cm³/mol. The average Bonchev–Trinajstić information content (AvgIpc) is 2.55. The molecule has 0 N–H and O–H groups in total. The summed E-state index contributed by atoms with van der Waals surface area (Å²) in [7, 11) is 0. The molecule has 0 atom stereocenters. The first-order valence-electron chi connectivity index (χ1n) is 7.90. The van der Waals surface area contributed by atoms with E-state index in [4.69, 9.17) is 4.74 Å². The number of amides is 2. The summed E-state index contributed by atoms with van der Waals surface area (Å²) >= 11 is 0. The van der Waals surface area contributed by atoms with Gasteiger partial charge in [0.1, 0.15) is 0 Å². The van der Waals surface area contributed by atoms with Crippen LogP contribution >= 0.6 is 0 Å². The Bertz CT molecular complexity index is 522. The topological polar surface area (TPSA) is 49.9 Å². The Morgan fingerprint density at radius 1 is 1.09 bits per heavy atom. The molecule has 5 nitrogen and oxygen atoms in total. The highest BCUT2D eigenvalue weighted by atomic mass is 16.6. The third-order valence-corrected chi connectivity index (χ3v) is 3.92. The van der Waals surface area contributed by atoms with E-state index in [1.54, 1.807) is 9.80 Å². The minimum absolute atomic E-state index is 0.0390. The number of hydrogen-bond acceptors (Lipinski definition) is 3. The van der Waals surface area contributed by atoms with E-state index >= 15 is 0 Å². The zero-order chi connectivity index (χ0) is 15.9. The summed E-state index contributed by atoms with van der Waals surface area (Å²) in [5.74, 6) is 0.0390. The van der Waals surface area contributed by atoms with Crippen molar-refractivity contribution in [3.63, 3.8) is 0 Å². The molecule has 1 saturated heterocycles. The van der Waals surface area contributed by atoms with Crippen LogP contribution in [0.15, 0.2) is 24.3 Å². The van der Waals surface area contributed by atoms with Crippen LogP contribution in [0.4, 0.5) is 4.79 Å². The highest BCUT2D eigenvalue weighted by molar-refractivity contribution is 5.95. The molecule has 0 spiro atoms. The Hall–Kier alpha value is -2.04. The molecule has 0 bridgehead atoms. The minimum atomic E-state index is -0.267. The van der Waals surface area contributed by atoms with Gasteiger partial charge in [0, 0.05) is 31.7 Å². The number of piperazine rings is 1. The third kappa shape index (κ3) is 4.00. The van der Waals surface area contributed by atoms with E-state index in [0.717, 1.165) is 24.0 Å². The number of benzene rings is 1. The molecule has 1 aliphatic heterocycles. The maximum absolute atomic E-state index is 12.5. The maximum atomic E-state index is 12.5. The molecule has 5 heteroatoms. The van der Waals surface area contributed by atoms with Crippen LogP contribution in [-0.2, 0) is 4.74 Å². The zero-order valence-electron chi connectivity index (χ0n) is 13.4. The molecule has 2 rings (SSSR count). The van der Waals surface area contributed by atoms with Crippen LogP contribution in [0.25, 0.3) is 0 Å². The van der Waals surface area contributed by atoms with E-state index in [2.05, 4.69) is 6.92 Å². The summed E-state index contributed by atoms with van der Waals surface area (Å²) in [4.78, 5) is 27.9. The lowest BCUT2D eigenvalue weighted by Crippen LogP contribution is -2.50. The standard InChI is InChI=1S/C17H24N2O3/c1-3-4-13-22-17(21)19-11-9-18(10-12-19)16(20)15-8-6-5-7-14(15)2/h5-8H,3-4,9-13H2,1-2H3. The second-order valence-electron chi connectivity index (χ2n) is 5.56. The van der Waals surface area contributed by atoms with Gasteiger partial charge in [-0.3, -0.25) is 4.79 Å². The lowest BCUT2D eigenvalue weighted by atomic mass is 10.1. The summed E-state index contributed by atoms with van der Waals surface area (Å²) in [5.41, 5.74) is 1.72. The van der Waals surface area contributed by atoms with E-state index in [1.165, 1.54) is 0 Å². The fourth-order valence-corrected chi connectivity index (χ4v) is 2.47. The Labute approximate surface area is 131 Å². The molecule has 2 amide bonds. The maximum Gasteiger partial charge on any atom is 0.409 e. The molecule has 1 aromatic rings. The molecule has 0 aromatic heterocycles. The summed E-state index contributed by atoms with van der Waals surface area (Å²) in [6, 6.07) is 7.59. The Morgan fingerprint density at radius 3 is 2.36 bits per heavy atom. The first-order chi connectivity index (χ1) is 10.6. The van der Waals surface area contributed by atoms with Gasteiger partial charge in [0.15, 0.2) is 0 Å². The first kappa shape index (κ1) is 16.3. The molecule has 1 aromatic carbocycles. The molecule has 0 radical (unpaired) electrons. The smallest absolute Gasteiger partial charge is 0.409 e. The second-order valence-corrected chi connectivity index (χ2v) is 5.56. The fraction of sp³-hybridized carbons (Fsp3) is 0.529. The van der Waals surface area contributed by atoms with Gasteiger partial charge >= 0.3 is 6.09 Å². The van der Waals surface area contributed by atoms with Crippen LogP contribution in [0.1, 0.15) is 35.7 Å². The van der Waals surface area contributed by atoms with Crippen molar-refractivity contribution in [2.75, 3.05) is 32.8 Å². The van der Waals surface area contributed by atoms with E-state index in [-0.39, 0.29) is 12.0 Å². The number of hydrogen-bond donors (Lipinski definition) is 0. The summed E-state index contributed by atoms with van der Waals surface area (Å²) < 4.78 is 5.20. The quantitative estimate of drug-likeness (QED) is 0.804. The van der Waals surface area contributed by atoms with Gasteiger partial charge in [-0.1, -0.05) is 31.5 Å². The zero-order valence-corrected chi connectivity index (χ0v) is 13.4. The Balaban J connectivity index is 1.85. The minimum Gasteiger partial charge on any atom is -0.449 e. The molecule has 22 heavy (non-hydrogen) atoms. The predicted octanol–water partition coefficient (Wildman–Crippen LogP) is 2.69. The van der Waals surface area contributed by atoms with Crippen molar-refractivity contribution in [1.29, 1.82) is 0 Å². The van der Waals surface area contributed by atoms with Crippen molar-refractivity contribution in [3.05, 3.63) is 35.4 Å². The fourth-order valence-electron chi connectivity index (χ4n) is 2.47. The molecular formula is C17H24N2O3. The van der Waals surface area contributed by atoms with Gasteiger partial charge in [-0.25, -0.2) is 4.79 Å². The van der Waals surface area contributed by atoms with Crippen molar-refractivity contribution in [2.24, 2.45) is 0 Å². The number of rotatable bonds is 4. The van der Waals surface area contributed by atoms with Gasteiger partial charge in [-0.05, 0) is 25.0 Å². The lowest BCUT2D eigenvalue weighted by molar-refractivity contribution is 0.0557. The van der Waals surface area contributed by atoms with Gasteiger partial charge in [-0.2, -0.15) is 0 Å². The number of carbonyl (C=O) groups excluding carboxylic acids is 2. The SMILES string of the molecule is CCCCOC(=O)N1CCN(C(=O)c2ccccc2C)CC1. The van der Waals surface area contributed by atoms with E-state index in [0.29, 0.717) is 32.8 Å². The molecule has 120 valence electrons. The summed E-state index contributed by atoms with van der Waals surface area (Å²) in [6.45, 7) is 6.63. The van der Waals surface area contributed by atoms with Crippen molar-refractivity contribution in [2.45, 2.75) is 26.7 Å². The molecule has 1 fully saturated rings. The van der Waals surface area contributed by atoms with Crippen LogP contribution in [0.2, 0.25) is 0 Å². The molecule has 1 heterocycles. The van der Waals surface area contributed by atoms with Crippen LogP contribution in [0.5, 0.6) is 0 Å². The second kappa shape index (κ2) is 7.82. The van der Waals surface area contributed by atoms with Gasteiger partial charge in [0.05, 0.1) is 6.61 Å². The van der Waals surface area contributed by atoms with Crippen molar-refractivity contribution >= 4 is 12.0 Å². The highest BCUT2D eigenvalue weighted by Gasteiger charge is 2.26. The van der Waals surface area contributed by atoms with Crippen molar-refractivity contribution < 1.29 is 14.3 Å². The van der Waals surface area contributed by atoms with Crippen molar-refractivity contribution in [3.8, 4) is 0 Å². The Morgan fingerprint density at radius 2 is 1.73 bits per heavy atom. The van der Waals surface area contributed by atoms with Gasteiger partial charge < -0.3 is 14.5 Å². The molecule has 0 saturated carbocycles. The third-order valence-electron chi connectivity index (χ3n) is 3.92.